The highest BCUT2D eigenvalue weighted by Crippen LogP contribution is 2.39. The number of aromatic nitrogens is 3. The topological polar surface area (TPSA) is 91.6 Å². The van der Waals surface area contributed by atoms with Crippen LogP contribution in [0.1, 0.15) is 29.0 Å². The predicted octanol–water partition coefficient (Wildman–Crippen LogP) is 3.93. The molecule has 202 valence electrons. The Labute approximate surface area is 214 Å². The Balaban J connectivity index is 0.000000426. The molecule has 1 saturated heterocycles. The summed E-state index contributed by atoms with van der Waals surface area (Å²) >= 11 is 0. The van der Waals surface area contributed by atoms with Crippen molar-refractivity contribution in [3.05, 3.63) is 71.6 Å². The van der Waals surface area contributed by atoms with Gasteiger partial charge >= 0.3 is 12.1 Å². The lowest BCUT2D eigenvalue weighted by Gasteiger charge is -2.48. The molecule has 2 aromatic carbocycles. The van der Waals surface area contributed by atoms with Gasteiger partial charge in [0.25, 0.3) is 5.91 Å². The fourth-order valence-corrected chi connectivity index (χ4v) is 4.89. The zero-order valence-electron chi connectivity index (χ0n) is 20.3. The van der Waals surface area contributed by atoms with Crippen LogP contribution in [0, 0.1) is 11.6 Å². The fraction of sp³-hybridized carbons (Fsp3) is 0.360. The lowest BCUT2D eigenvalue weighted by molar-refractivity contribution is -0.192. The molecule has 8 nitrogen and oxygen atoms in total. The number of carbonyl (C=O) groups excluding carboxylic acids is 1. The molecule has 1 N–H and O–H groups in total. The van der Waals surface area contributed by atoms with E-state index in [2.05, 4.69) is 19.7 Å². The van der Waals surface area contributed by atoms with E-state index in [1.807, 2.05) is 7.05 Å². The minimum Gasteiger partial charge on any atom is -0.475 e. The van der Waals surface area contributed by atoms with Crippen LogP contribution in [0.25, 0.3) is 11.4 Å². The van der Waals surface area contributed by atoms with Gasteiger partial charge in [-0.3, -0.25) is 9.69 Å². The zero-order valence-corrected chi connectivity index (χ0v) is 20.3. The second-order valence-corrected chi connectivity index (χ2v) is 9.25. The van der Waals surface area contributed by atoms with Crippen LogP contribution < -0.4 is 0 Å². The standard InChI is InChI=1S/C23H23F2N5O.C2HF3O2/c1-28-14-20-26-27-21(16-6-8-17(24)9-7-16)30(20)23(15-28)10-12-29(13-11-23)22(31)18-4-2-3-5-19(18)25;3-2(4,5)1(6)7/h2-9H,10-15H2,1H3;(H,6,7). The highest BCUT2D eigenvalue weighted by atomic mass is 19.4. The number of hydrogen-bond donors (Lipinski definition) is 1. The largest absolute Gasteiger partial charge is 0.490 e. The van der Waals surface area contributed by atoms with Crippen LogP contribution in [0.2, 0.25) is 0 Å². The van der Waals surface area contributed by atoms with Crippen molar-refractivity contribution in [2.75, 3.05) is 26.7 Å². The molecule has 3 aromatic rings. The van der Waals surface area contributed by atoms with E-state index in [0.29, 0.717) is 32.5 Å². The monoisotopic (exact) mass is 537 g/mol. The van der Waals surface area contributed by atoms with Gasteiger partial charge in [-0.2, -0.15) is 13.2 Å². The summed E-state index contributed by atoms with van der Waals surface area (Å²) in [6.07, 6.45) is -3.67. The molecule has 1 spiro atoms. The molecule has 0 aliphatic carbocycles. The van der Waals surface area contributed by atoms with E-state index in [-0.39, 0.29) is 22.8 Å². The summed E-state index contributed by atoms with van der Waals surface area (Å²) in [6.45, 7) is 2.50. The molecule has 0 bridgehead atoms. The smallest absolute Gasteiger partial charge is 0.475 e. The number of amides is 1. The summed E-state index contributed by atoms with van der Waals surface area (Å²) in [4.78, 5) is 25.7. The lowest BCUT2D eigenvalue weighted by Crippen LogP contribution is -2.56. The van der Waals surface area contributed by atoms with Crippen molar-refractivity contribution in [1.82, 2.24) is 24.6 Å². The number of aliphatic carboxylic acids is 1. The van der Waals surface area contributed by atoms with Crippen molar-refractivity contribution >= 4 is 11.9 Å². The minimum absolute atomic E-state index is 0.108. The highest BCUT2D eigenvalue weighted by Gasteiger charge is 2.44. The summed E-state index contributed by atoms with van der Waals surface area (Å²) in [5.41, 5.74) is 0.645. The Kier molecular flexibility index (Phi) is 7.49. The van der Waals surface area contributed by atoms with E-state index in [4.69, 9.17) is 9.90 Å². The molecule has 1 fully saturated rings. The number of likely N-dealkylation sites (N-methyl/N-ethyl adjacent to an activating group) is 1. The number of halogens is 5. The van der Waals surface area contributed by atoms with E-state index in [0.717, 1.165) is 23.8 Å². The van der Waals surface area contributed by atoms with Crippen LogP contribution in [0.4, 0.5) is 22.0 Å². The second-order valence-electron chi connectivity index (χ2n) is 9.25. The van der Waals surface area contributed by atoms with Crippen LogP contribution >= 0.6 is 0 Å². The van der Waals surface area contributed by atoms with E-state index in [1.54, 1.807) is 29.2 Å². The molecule has 2 aliphatic rings. The van der Waals surface area contributed by atoms with Crippen molar-refractivity contribution in [2.24, 2.45) is 0 Å². The molecular weight excluding hydrogens is 513 g/mol. The fourth-order valence-electron chi connectivity index (χ4n) is 4.89. The van der Waals surface area contributed by atoms with Crippen LogP contribution in [0.5, 0.6) is 0 Å². The molecule has 0 unspecified atom stereocenters. The van der Waals surface area contributed by atoms with Crippen LogP contribution in [-0.4, -0.2) is 74.4 Å². The van der Waals surface area contributed by atoms with Crippen molar-refractivity contribution in [2.45, 2.75) is 31.1 Å². The second kappa shape index (κ2) is 10.5. The van der Waals surface area contributed by atoms with Gasteiger partial charge in [0, 0.05) is 25.2 Å². The first-order chi connectivity index (χ1) is 17.9. The maximum atomic E-state index is 14.1. The molecule has 1 amide bonds. The third-order valence-corrected chi connectivity index (χ3v) is 6.61. The van der Waals surface area contributed by atoms with E-state index < -0.39 is 18.0 Å². The van der Waals surface area contributed by atoms with Gasteiger partial charge < -0.3 is 14.6 Å². The van der Waals surface area contributed by atoms with E-state index in [1.165, 1.54) is 24.3 Å². The van der Waals surface area contributed by atoms with Crippen LogP contribution in [-0.2, 0) is 16.9 Å². The van der Waals surface area contributed by atoms with Gasteiger partial charge in [-0.1, -0.05) is 12.1 Å². The normalized spacial score (nSPS) is 16.9. The Morgan fingerprint density at radius 3 is 2.16 bits per heavy atom. The number of benzene rings is 2. The first kappa shape index (κ1) is 27.2. The van der Waals surface area contributed by atoms with Crippen LogP contribution in [0.15, 0.2) is 48.5 Å². The first-order valence-electron chi connectivity index (χ1n) is 11.6. The molecular formula is C25H24F5N5O3. The van der Waals surface area contributed by atoms with Gasteiger partial charge in [0.05, 0.1) is 17.6 Å². The van der Waals surface area contributed by atoms with Gasteiger partial charge in [0.2, 0.25) is 0 Å². The van der Waals surface area contributed by atoms with Gasteiger partial charge in [0.15, 0.2) is 5.82 Å². The molecule has 0 radical (unpaired) electrons. The van der Waals surface area contributed by atoms with Crippen molar-refractivity contribution < 1.29 is 36.6 Å². The minimum atomic E-state index is -5.08. The number of likely N-dealkylation sites (tertiary alicyclic amines) is 1. The maximum absolute atomic E-state index is 14.1. The SMILES string of the molecule is CN1Cc2nnc(-c3ccc(F)cc3)n2C2(CCN(C(=O)c3ccccc3F)CC2)C1.O=C(O)C(F)(F)F. The summed E-state index contributed by atoms with van der Waals surface area (Å²) in [6, 6.07) is 12.4. The van der Waals surface area contributed by atoms with Crippen molar-refractivity contribution in [1.29, 1.82) is 0 Å². The summed E-state index contributed by atoms with van der Waals surface area (Å²) in [7, 11) is 2.05. The summed E-state index contributed by atoms with van der Waals surface area (Å²) in [5.74, 6) is -2.24. The molecule has 13 heteroatoms. The third-order valence-electron chi connectivity index (χ3n) is 6.61. The number of hydrogen-bond acceptors (Lipinski definition) is 5. The number of carboxylic acid groups (broad SMARTS) is 1. The zero-order chi connectivity index (χ0) is 27.7. The molecule has 0 atom stereocenters. The number of piperidine rings is 1. The number of carbonyl (C=O) groups is 2. The van der Waals surface area contributed by atoms with Crippen molar-refractivity contribution in [3.63, 3.8) is 0 Å². The third kappa shape index (κ3) is 5.52. The number of fused-ring (bicyclic) bond motifs is 2. The molecule has 1 aromatic heterocycles. The number of nitrogens with zero attached hydrogens (tertiary/aromatic N) is 5. The Bertz CT molecular complexity index is 1320. The summed E-state index contributed by atoms with van der Waals surface area (Å²) in [5, 5.41) is 16.0. The number of rotatable bonds is 2. The maximum Gasteiger partial charge on any atom is 0.490 e. The number of carboxylic acids is 1. The molecule has 5 rings (SSSR count). The Morgan fingerprint density at radius 2 is 1.58 bits per heavy atom. The van der Waals surface area contributed by atoms with Crippen LogP contribution in [0.3, 0.4) is 0 Å². The van der Waals surface area contributed by atoms with Gasteiger partial charge in [-0.25, -0.2) is 13.6 Å². The molecule has 38 heavy (non-hydrogen) atoms. The average Bonchev–Trinajstić information content (AvgIpc) is 3.29. The molecule has 2 aliphatic heterocycles. The number of alkyl halides is 3. The predicted molar refractivity (Wildman–Crippen MR) is 125 cm³/mol. The van der Waals surface area contributed by atoms with Crippen molar-refractivity contribution in [3.8, 4) is 11.4 Å². The molecule has 3 heterocycles. The Hall–Kier alpha value is -3.87. The first-order valence-corrected chi connectivity index (χ1v) is 11.6. The van der Waals surface area contributed by atoms with E-state index in [9.17, 15) is 26.7 Å². The van der Waals surface area contributed by atoms with Gasteiger partial charge in [-0.15, -0.1) is 10.2 Å². The summed E-state index contributed by atoms with van der Waals surface area (Å²) < 4.78 is 61.5. The highest BCUT2D eigenvalue weighted by molar-refractivity contribution is 5.94. The molecule has 0 saturated carbocycles. The quantitative estimate of drug-likeness (QED) is 0.499. The average molecular weight is 537 g/mol. The van der Waals surface area contributed by atoms with Gasteiger partial charge in [0.1, 0.15) is 17.5 Å². The van der Waals surface area contributed by atoms with E-state index >= 15 is 0 Å². The lowest BCUT2D eigenvalue weighted by atomic mass is 9.84. The van der Waals surface area contributed by atoms with Gasteiger partial charge in [-0.05, 0) is 56.3 Å². The Morgan fingerprint density at radius 1 is 0.974 bits per heavy atom.